The summed E-state index contributed by atoms with van der Waals surface area (Å²) in [5.74, 6) is 0. The second-order valence-electron chi connectivity index (χ2n) is 9.79. The van der Waals surface area contributed by atoms with Gasteiger partial charge in [-0.05, 0) is 52.3 Å². The molecule has 2 aliphatic heterocycles. The van der Waals surface area contributed by atoms with Crippen LogP contribution in [0.1, 0.15) is 73.4 Å². The van der Waals surface area contributed by atoms with Gasteiger partial charge in [-0.2, -0.15) is 4.58 Å². The van der Waals surface area contributed by atoms with E-state index in [4.69, 9.17) is 0 Å². The van der Waals surface area contributed by atoms with E-state index in [1.807, 2.05) is 13.8 Å². The third-order valence-electron chi connectivity index (χ3n) is 6.88. The Labute approximate surface area is 196 Å². The van der Waals surface area contributed by atoms with Gasteiger partial charge in [0.05, 0.1) is 5.41 Å². The number of allylic oxidation sites excluding steroid dienone is 4. The lowest BCUT2D eigenvalue weighted by Crippen LogP contribution is -2.31. The Morgan fingerprint density at radius 2 is 1.47 bits per heavy atom. The van der Waals surface area contributed by atoms with Gasteiger partial charge in [-0.1, -0.05) is 70.2 Å². The molecule has 0 aliphatic carbocycles. The van der Waals surface area contributed by atoms with Crippen molar-refractivity contribution in [2.75, 3.05) is 11.4 Å². The molecule has 2 aromatic carbocycles. The van der Waals surface area contributed by atoms with E-state index in [-0.39, 0.29) is 10.8 Å². The zero-order chi connectivity index (χ0) is 23.7. The SMILES string of the molecule is CC.CC[N+]1=C(/C=C/C=C2/N(C(C)C)c3ccccc3C2(C)C)C(C)(C)c2ccccc21. The zero-order valence-corrected chi connectivity index (χ0v) is 21.5. The van der Waals surface area contributed by atoms with Crippen LogP contribution in [0.15, 0.2) is 72.5 Å². The number of rotatable bonds is 4. The number of nitrogens with zero attached hydrogens (tertiary/aromatic N) is 2. The van der Waals surface area contributed by atoms with Crippen LogP contribution in [0.2, 0.25) is 0 Å². The van der Waals surface area contributed by atoms with Crippen molar-refractivity contribution >= 4 is 17.1 Å². The van der Waals surface area contributed by atoms with Gasteiger partial charge < -0.3 is 4.90 Å². The molecule has 0 aromatic heterocycles. The van der Waals surface area contributed by atoms with Crippen molar-refractivity contribution in [3.8, 4) is 0 Å². The molecule has 0 radical (unpaired) electrons. The first-order valence-corrected chi connectivity index (χ1v) is 12.2. The first-order chi connectivity index (χ1) is 15.2. The molecule has 0 spiro atoms. The number of para-hydroxylation sites is 2. The Morgan fingerprint density at radius 3 is 2.09 bits per heavy atom. The van der Waals surface area contributed by atoms with Gasteiger partial charge in [0.2, 0.25) is 5.69 Å². The Balaban J connectivity index is 0.00000141. The number of benzene rings is 2. The smallest absolute Gasteiger partial charge is 0.209 e. The van der Waals surface area contributed by atoms with Gasteiger partial charge in [-0.15, -0.1) is 0 Å². The van der Waals surface area contributed by atoms with Crippen molar-refractivity contribution in [2.45, 2.75) is 79.2 Å². The Morgan fingerprint density at radius 1 is 0.875 bits per heavy atom. The molecule has 32 heavy (non-hydrogen) atoms. The van der Waals surface area contributed by atoms with Crippen molar-refractivity contribution in [1.82, 2.24) is 0 Å². The highest BCUT2D eigenvalue weighted by Gasteiger charge is 2.44. The van der Waals surface area contributed by atoms with E-state index < -0.39 is 0 Å². The van der Waals surface area contributed by atoms with E-state index in [1.54, 1.807) is 0 Å². The summed E-state index contributed by atoms with van der Waals surface area (Å²) in [6.07, 6.45) is 6.93. The first kappa shape index (κ1) is 24.0. The number of hydrogen-bond acceptors (Lipinski definition) is 1. The summed E-state index contributed by atoms with van der Waals surface area (Å²) in [6.45, 7) is 21.1. The highest BCUT2D eigenvalue weighted by Crippen LogP contribution is 2.48. The number of fused-ring (bicyclic) bond motifs is 2. The third-order valence-corrected chi connectivity index (χ3v) is 6.88. The molecule has 0 fully saturated rings. The molecule has 0 atom stereocenters. The van der Waals surface area contributed by atoms with E-state index in [2.05, 4.69) is 125 Å². The average molecular weight is 430 g/mol. The predicted molar refractivity (Wildman–Crippen MR) is 141 cm³/mol. The maximum absolute atomic E-state index is 2.50. The van der Waals surface area contributed by atoms with Crippen molar-refractivity contribution in [3.05, 3.63) is 83.6 Å². The molecule has 0 saturated carbocycles. The van der Waals surface area contributed by atoms with Gasteiger partial charge >= 0.3 is 0 Å². The van der Waals surface area contributed by atoms with Gasteiger partial charge in [0.15, 0.2) is 5.71 Å². The van der Waals surface area contributed by atoms with E-state index >= 15 is 0 Å². The quantitative estimate of drug-likeness (QED) is 0.450. The van der Waals surface area contributed by atoms with Crippen LogP contribution in [0.3, 0.4) is 0 Å². The minimum absolute atomic E-state index is 0.00549. The van der Waals surface area contributed by atoms with E-state index in [0.29, 0.717) is 6.04 Å². The minimum atomic E-state index is -0.00549. The maximum Gasteiger partial charge on any atom is 0.209 e. The lowest BCUT2D eigenvalue weighted by atomic mass is 9.81. The normalized spacial score (nSPS) is 19.4. The maximum atomic E-state index is 2.50. The van der Waals surface area contributed by atoms with Crippen LogP contribution >= 0.6 is 0 Å². The second-order valence-corrected chi connectivity index (χ2v) is 9.79. The molecule has 2 aliphatic rings. The fraction of sp³-hybridized carbons (Fsp3) is 0.433. The largest absolute Gasteiger partial charge is 0.341 e. The van der Waals surface area contributed by atoms with Crippen LogP contribution in [0.25, 0.3) is 0 Å². The standard InChI is InChI=1S/C28H35N2.C2H6/c1-8-29-23-16-11-9-14-21(23)27(4,5)25(29)18-13-19-26-28(6,7)22-15-10-12-17-24(22)30(26)20(2)3;1-2/h9-20H,8H2,1-7H3;1-2H3/q+1;. The molecule has 0 bridgehead atoms. The average Bonchev–Trinajstić information content (AvgIpc) is 3.14. The zero-order valence-electron chi connectivity index (χ0n) is 21.5. The number of hydrogen-bond donors (Lipinski definition) is 0. The molecular weight excluding hydrogens is 388 g/mol. The molecule has 2 aromatic rings. The highest BCUT2D eigenvalue weighted by atomic mass is 15.2. The summed E-state index contributed by atoms with van der Waals surface area (Å²) in [5.41, 5.74) is 8.25. The molecule has 2 heteroatoms. The van der Waals surface area contributed by atoms with Gasteiger partial charge in [-0.3, -0.25) is 0 Å². The van der Waals surface area contributed by atoms with Gasteiger partial charge in [0.1, 0.15) is 6.54 Å². The monoisotopic (exact) mass is 429 g/mol. The number of anilines is 1. The first-order valence-electron chi connectivity index (χ1n) is 12.2. The van der Waals surface area contributed by atoms with Crippen molar-refractivity contribution in [2.24, 2.45) is 0 Å². The van der Waals surface area contributed by atoms with Crippen molar-refractivity contribution in [3.63, 3.8) is 0 Å². The Kier molecular flexibility index (Phi) is 6.83. The molecule has 0 saturated heterocycles. The molecule has 0 N–H and O–H groups in total. The predicted octanol–water partition coefficient (Wildman–Crippen LogP) is 7.76. The summed E-state index contributed by atoms with van der Waals surface area (Å²) in [5, 5.41) is 0. The Bertz CT molecular complexity index is 1060. The molecule has 2 nitrogen and oxygen atoms in total. The van der Waals surface area contributed by atoms with Crippen LogP contribution in [-0.2, 0) is 10.8 Å². The summed E-state index contributed by atoms with van der Waals surface area (Å²) in [7, 11) is 0. The van der Waals surface area contributed by atoms with Crippen LogP contribution in [0, 0.1) is 0 Å². The molecule has 0 amide bonds. The minimum Gasteiger partial charge on any atom is -0.341 e. The molecule has 170 valence electrons. The van der Waals surface area contributed by atoms with Crippen LogP contribution in [0.5, 0.6) is 0 Å². The van der Waals surface area contributed by atoms with Gasteiger partial charge in [0.25, 0.3) is 0 Å². The van der Waals surface area contributed by atoms with Crippen molar-refractivity contribution in [1.29, 1.82) is 0 Å². The lowest BCUT2D eigenvalue weighted by molar-refractivity contribution is -0.433. The fourth-order valence-electron chi connectivity index (χ4n) is 5.34. The van der Waals surface area contributed by atoms with Gasteiger partial charge in [0, 0.05) is 40.5 Å². The van der Waals surface area contributed by atoms with Crippen LogP contribution < -0.4 is 4.90 Å². The van der Waals surface area contributed by atoms with E-state index in [1.165, 1.54) is 33.9 Å². The molecule has 0 unspecified atom stereocenters. The van der Waals surface area contributed by atoms with Crippen LogP contribution in [0.4, 0.5) is 11.4 Å². The molecule has 4 rings (SSSR count). The fourth-order valence-corrected chi connectivity index (χ4v) is 5.34. The third kappa shape index (κ3) is 3.74. The van der Waals surface area contributed by atoms with Crippen molar-refractivity contribution < 1.29 is 4.58 Å². The summed E-state index contributed by atoms with van der Waals surface area (Å²) < 4.78 is 2.46. The summed E-state index contributed by atoms with van der Waals surface area (Å²) in [4.78, 5) is 2.50. The second kappa shape index (κ2) is 9.10. The van der Waals surface area contributed by atoms with Gasteiger partial charge in [-0.25, -0.2) is 0 Å². The van der Waals surface area contributed by atoms with Crippen LogP contribution in [-0.4, -0.2) is 22.9 Å². The lowest BCUT2D eigenvalue weighted by Gasteiger charge is -2.30. The Hall–Kier alpha value is -2.61. The summed E-state index contributed by atoms with van der Waals surface area (Å²) >= 11 is 0. The molecule has 2 heterocycles. The van der Waals surface area contributed by atoms with E-state index in [0.717, 1.165) is 6.54 Å². The van der Waals surface area contributed by atoms with E-state index in [9.17, 15) is 0 Å². The highest BCUT2D eigenvalue weighted by molar-refractivity contribution is 6.03. The molecular formula is C30H41N2+. The summed E-state index contributed by atoms with van der Waals surface area (Å²) in [6, 6.07) is 18.1. The topological polar surface area (TPSA) is 6.25 Å².